The number of rotatable bonds is 6. The van der Waals surface area contributed by atoms with Crippen LogP contribution in [0.1, 0.15) is 15.9 Å². The van der Waals surface area contributed by atoms with Crippen molar-refractivity contribution >= 4 is 21.8 Å². The van der Waals surface area contributed by atoms with Crippen LogP contribution in [0.15, 0.2) is 40.9 Å². The van der Waals surface area contributed by atoms with Gasteiger partial charge in [-0.15, -0.1) is 0 Å². The summed E-state index contributed by atoms with van der Waals surface area (Å²) in [7, 11) is 3.13. The second-order valence-electron chi connectivity index (χ2n) is 4.78. The van der Waals surface area contributed by atoms with E-state index in [2.05, 4.69) is 21.2 Å². The third-order valence-electron chi connectivity index (χ3n) is 3.35. The summed E-state index contributed by atoms with van der Waals surface area (Å²) in [6, 6.07) is 9.55. The van der Waals surface area contributed by atoms with Gasteiger partial charge in [0.15, 0.2) is 11.5 Å². The molecule has 0 atom stereocenters. The maximum Gasteiger partial charge on any atom is 0.254 e. The van der Waals surface area contributed by atoms with Crippen LogP contribution in [0.3, 0.4) is 0 Å². The lowest BCUT2D eigenvalue weighted by Gasteiger charge is -2.12. The van der Waals surface area contributed by atoms with E-state index >= 15 is 0 Å². The Bertz CT molecular complexity index is 706. The van der Waals surface area contributed by atoms with Gasteiger partial charge in [0.1, 0.15) is 5.82 Å². The van der Waals surface area contributed by atoms with Gasteiger partial charge >= 0.3 is 0 Å². The highest BCUT2D eigenvalue weighted by Crippen LogP contribution is 2.33. The quantitative estimate of drug-likeness (QED) is 0.831. The fourth-order valence-corrected chi connectivity index (χ4v) is 2.66. The Kier molecular flexibility index (Phi) is 5.98. The van der Waals surface area contributed by atoms with Crippen LogP contribution in [0.4, 0.5) is 4.39 Å². The third kappa shape index (κ3) is 4.22. The number of benzene rings is 2. The number of hydrogen-bond acceptors (Lipinski definition) is 3. The SMILES string of the molecule is COc1cc(Br)c(CCNC(=O)c2ccccc2F)cc1OC. The van der Waals surface area contributed by atoms with Gasteiger partial charge in [-0.25, -0.2) is 4.39 Å². The molecule has 0 spiro atoms. The topological polar surface area (TPSA) is 47.6 Å². The number of nitrogens with one attached hydrogen (secondary N) is 1. The molecule has 122 valence electrons. The molecule has 0 heterocycles. The standard InChI is InChI=1S/C17H17BrFNO3/c1-22-15-9-11(13(18)10-16(15)23-2)7-8-20-17(21)12-5-3-4-6-14(12)19/h3-6,9-10H,7-8H2,1-2H3,(H,20,21). The largest absolute Gasteiger partial charge is 0.493 e. The summed E-state index contributed by atoms with van der Waals surface area (Å²) >= 11 is 3.47. The molecule has 0 unspecified atom stereocenters. The van der Waals surface area contributed by atoms with E-state index in [0.29, 0.717) is 24.5 Å². The molecule has 0 aliphatic rings. The minimum Gasteiger partial charge on any atom is -0.493 e. The lowest BCUT2D eigenvalue weighted by molar-refractivity contribution is 0.0950. The number of carbonyl (C=O) groups excluding carboxylic acids is 1. The Hall–Kier alpha value is -2.08. The first kappa shape index (κ1) is 17.3. The molecular formula is C17H17BrFNO3. The molecule has 0 bridgehead atoms. The van der Waals surface area contributed by atoms with E-state index in [0.717, 1.165) is 10.0 Å². The lowest BCUT2D eigenvalue weighted by atomic mass is 10.1. The van der Waals surface area contributed by atoms with Crippen molar-refractivity contribution in [2.24, 2.45) is 0 Å². The van der Waals surface area contributed by atoms with Crippen LogP contribution in [0.5, 0.6) is 11.5 Å². The Morgan fingerprint density at radius 3 is 2.48 bits per heavy atom. The van der Waals surface area contributed by atoms with Crippen LogP contribution in [-0.2, 0) is 6.42 Å². The predicted molar refractivity (Wildman–Crippen MR) is 89.7 cm³/mol. The molecule has 0 aliphatic carbocycles. The van der Waals surface area contributed by atoms with E-state index in [-0.39, 0.29) is 5.56 Å². The molecule has 0 aromatic heterocycles. The van der Waals surface area contributed by atoms with Gasteiger partial charge in [-0.1, -0.05) is 28.1 Å². The van der Waals surface area contributed by atoms with E-state index in [1.165, 1.54) is 12.1 Å². The van der Waals surface area contributed by atoms with Crippen LogP contribution in [0.2, 0.25) is 0 Å². The highest BCUT2D eigenvalue weighted by molar-refractivity contribution is 9.10. The Labute approximate surface area is 142 Å². The molecule has 2 aromatic rings. The highest BCUT2D eigenvalue weighted by Gasteiger charge is 2.12. The van der Waals surface area contributed by atoms with Crippen molar-refractivity contribution in [3.63, 3.8) is 0 Å². The minimum atomic E-state index is -0.530. The van der Waals surface area contributed by atoms with Gasteiger partial charge in [0, 0.05) is 11.0 Å². The molecule has 6 heteroatoms. The van der Waals surface area contributed by atoms with Crippen LogP contribution < -0.4 is 14.8 Å². The Morgan fingerprint density at radius 1 is 1.17 bits per heavy atom. The third-order valence-corrected chi connectivity index (χ3v) is 4.09. The normalized spacial score (nSPS) is 10.3. The number of hydrogen-bond donors (Lipinski definition) is 1. The van der Waals surface area contributed by atoms with Crippen molar-refractivity contribution in [1.29, 1.82) is 0 Å². The van der Waals surface area contributed by atoms with Crippen LogP contribution in [0, 0.1) is 5.82 Å². The Morgan fingerprint density at radius 2 is 1.83 bits per heavy atom. The molecule has 0 radical (unpaired) electrons. The van der Waals surface area contributed by atoms with Crippen LogP contribution in [-0.4, -0.2) is 26.7 Å². The first-order valence-corrected chi connectivity index (χ1v) is 7.79. The molecule has 1 N–H and O–H groups in total. The molecule has 23 heavy (non-hydrogen) atoms. The monoisotopic (exact) mass is 381 g/mol. The fraction of sp³-hybridized carbons (Fsp3) is 0.235. The second-order valence-corrected chi connectivity index (χ2v) is 5.64. The Balaban J connectivity index is 2.01. The zero-order valence-electron chi connectivity index (χ0n) is 12.9. The molecule has 0 aliphatic heterocycles. The number of amides is 1. The highest BCUT2D eigenvalue weighted by atomic mass is 79.9. The van der Waals surface area contributed by atoms with Gasteiger partial charge in [0.05, 0.1) is 19.8 Å². The summed E-state index contributed by atoms with van der Waals surface area (Å²) in [5.41, 5.74) is 0.996. The summed E-state index contributed by atoms with van der Waals surface area (Å²) in [4.78, 5) is 12.0. The molecule has 4 nitrogen and oxygen atoms in total. The maximum atomic E-state index is 13.5. The summed E-state index contributed by atoms with van der Waals surface area (Å²) in [5, 5.41) is 2.71. The minimum absolute atomic E-state index is 0.0406. The first-order chi connectivity index (χ1) is 11.1. The molecule has 2 rings (SSSR count). The molecule has 0 saturated carbocycles. The summed E-state index contributed by atoms with van der Waals surface area (Å²) in [6.07, 6.45) is 0.571. The predicted octanol–water partition coefficient (Wildman–Crippen LogP) is 3.58. The average molecular weight is 382 g/mol. The van der Waals surface area contributed by atoms with Gasteiger partial charge in [-0.2, -0.15) is 0 Å². The lowest BCUT2D eigenvalue weighted by Crippen LogP contribution is -2.26. The summed E-state index contributed by atoms with van der Waals surface area (Å²) in [6.45, 7) is 0.376. The van der Waals surface area contributed by atoms with Crippen molar-refractivity contribution in [1.82, 2.24) is 5.32 Å². The zero-order valence-corrected chi connectivity index (χ0v) is 14.4. The molecule has 2 aromatic carbocycles. The van der Waals surface area contributed by atoms with Gasteiger partial charge in [0.2, 0.25) is 0 Å². The van der Waals surface area contributed by atoms with Crippen molar-refractivity contribution < 1.29 is 18.7 Å². The van der Waals surface area contributed by atoms with Gasteiger partial charge in [-0.05, 0) is 36.2 Å². The van der Waals surface area contributed by atoms with Crippen LogP contribution >= 0.6 is 15.9 Å². The van der Waals surface area contributed by atoms with E-state index in [4.69, 9.17) is 9.47 Å². The van der Waals surface area contributed by atoms with E-state index in [1.807, 2.05) is 12.1 Å². The number of methoxy groups -OCH3 is 2. The number of carbonyl (C=O) groups is 1. The van der Waals surface area contributed by atoms with Gasteiger partial charge < -0.3 is 14.8 Å². The second kappa shape index (κ2) is 7.97. The summed E-state index contributed by atoms with van der Waals surface area (Å²) in [5.74, 6) is 0.279. The summed E-state index contributed by atoms with van der Waals surface area (Å²) < 4.78 is 24.9. The van der Waals surface area contributed by atoms with Crippen molar-refractivity contribution in [2.75, 3.05) is 20.8 Å². The molecular weight excluding hydrogens is 365 g/mol. The zero-order chi connectivity index (χ0) is 16.8. The molecule has 1 amide bonds. The van der Waals surface area contributed by atoms with Crippen LogP contribution in [0.25, 0.3) is 0 Å². The van der Waals surface area contributed by atoms with Gasteiger partial charge in [0.25, 0.3) is 5.91 Å². The van der Waals surface area contributed by atoms with Gasteiger partial charge in [-0.3, -0.25) is 4.79 Å². The van der Waals surface area contributed by atoms with E-state index < -0.39 is 11.7 Å². The van der Waals surface area contributed by atoms with E-state index in [9.17, 15) is 9.18 Å². The fourth-order valence-electron chi connectivity index (χ4n) is 2.14. The van der Waals surface area contributed by atoms with Crippen molar-refractivity contribution in [2.45, 2.75) is 6.42 Å². The molecule has 0 saturated heterocycles. The maximum absolute atomic E-state index is 13.5. The number of ether oxygens (including phenoxy) is 2. The first-order valence-electron chi connectivity index (χ1n) is 7.00. The van der Waals surface area contributed by atoms with Crippen molar-refractivity contribution in [3.05, 3.63) is 57.8 Å². The van der Waals surface area contributed by atoms with E-state index in [1.54, 1.807) is 26.4 Å². The molecule has 0 fully saturated rings. The van der Waals surface area contributed by atoms with Crippen molar-refractivity contribution in [3.8, 4) is 11.5 Å². The smallest absolute Gasteiger partial charge is 0.254 e. The average Bonchev–Trinajstić information content (AvgIpc) is 2.56. The number of halogens is 2.